The number of nitrogens with zero attached hydrogens (tertiary/aromatic N) is 4. The van der Waals surface area contributed by atoms with Crippen molar-refractivity contribution in [2.24, 2.45) is 5.41 Å². The molecule has 6 amide bonds. The van der Waals surface area contributed by atoms with Gasteiger partial charge in [0.2, 0.25) is 29.4 Å². The van der Waals surface area contributed by atoms with E-state index in [4.69, 9.17) is 33.2 Å². The van der Waals surface area contributed by atoms with Gasteiger partial charge in [0.15, 0.2) is 18.1 Å². The van der Waals surface area contributed by atoms with E-state index in [1.807, 2.05) is 77.1 Å². The fourth-order valence-corrected chi connectivity index (χ4v) is 10.5. The second-order valence-corrected chi connectivity index (χ2v) is 24.4. The Labute approximate surface area is 535 Å². The van der Waals surface area contributed by atoms with E-state index in [0.717, 1.165) is 23.3 Å². The number of Topliss-reactive ketones (excluding diaryl/α,β-unsaturated/α-hetero) is 1. The summed E-state index contributed by atoms with van der Waals surface area (Å²) in [6.45, 7) is 14.8. The van der Waals surface area contributed by atoms with Crippen molar-refractivity contribution in [3.05, 3.63) is 108 Å². The molecule has 5 atom stereocenters. The van der Waals surface area contributed by atoms with Gasteiger partial charge in [-0.3, -0.25) is 33.6 Å². The van der Waals surface area contributed by atoms with E-state index < -0.39 is 95.2 Å². The molecule has 4 aromatic carbocycles. The highest BCUT2D eigenvalue weighted by Gasteiger charge is 2.43. The molecule has 0 unspecified atom stereocenters. The minimum Gasteiger partial charge on any atom is -0.496 e. The maximum absolute atomic E-state index is 15.0. The van der Waals surface area contributed by atoms with Gasteiger partial charge in [-0.15, -0.1) is 0 Å². The zero-order chi connectivity index (χ0) is 67.2. The average Bonchev–Trinajstić information content (AvgIpc) is 1.01. The first-order valence-corrected chi connectivity index (χ1v) is 31.0. The third-order valence-electron chi connectivity index (χ3n) is 16.0. The fraction of sp³-hybridized carbons (Fsp3) is 0.522. The number of ketones is 1. The molecule has 22 nitrogen and oxygen atoms in total. The fourth-order valence-electron chi connectivity index (χ4n) is 10.5. The van der Waals surface area contributed by atoms with Crippen molar-refractivity contribution < 1.29 is 76.3 Å². The number of aryl methyl sites for hydroxylation is 1. The number of amides is 6. The van der Waals surface area contributed by atoms with Gasteiger partial charge in [-0.2, -0.15) is 0 Å². The summed E-state index contributed by atoms with van der Waals surface area (Å²) in [7, 11) is 9.10. The summed E-state index contributed by atoms with van der Waals surface area (Å²) in [5, 5.41) is 7.54. The van der Waals surface area contributed by atoms with Crippen LogP contribution in [0, 0.1) is 5.41 Å². The summed E-state index contributed by atoms with van der Waals surface area (Å²) < 4.78 is 40.6. The van der Waals surface area contributed by atoms with Crippen molar-refractivity contribution in [2.45, 2.75) is 149 Å². The van der Waals surface area contributed by atoms with E-state index in [2.05, 4.69) is 17.2 Å². The number of likely N-dealkylation sites (tertiary alicyclic amines) is 1. The molecule has 0 aromatic heterocycles. The van der Waals surface area contributed by atoms with Crippen LogP contribution in [-0.2, 0) is 70.2 Å². The van der Waals surface area contributed by atoms with E-state index in [0.29, 0.717) is 66.2 Å². The molecular weight excluding hydrogens is 1170 g/mol. The molecule has 91 heavy (non-hydrogen) atoms. The number of piperidine rings is 1. The van der Waals surface area contributed by atoms with Gasteiger partial charge in [-0.05, 0) is 125 Å². The van der Waals surface area contributed by atoms with E-state index in [1.165, 1.54) is 68.9 Å². The highest BCUT2D eigenvalue weighted by molar-refractivity contribution is 6.38. The Kier molecular flexibility index (Phi) is 27.8. The van der Waals surface area contributed by atoms with Crippen LogP contribution in [0.3, 0.4) is 0 Å². The van der Waals surface area contributed by atoms with Gasteiger partial charge in [-0.1, -0.05) is 87.9 Å². The van der Waals surface area contributed by atoms with Gasteiger partial charge in [0.05, 0.1) is 45.5 Å². The molecule has 22 heteroatoms. The van der Waals surface area contributed by atoms with Crippen molar-refractivity contribution >= 4 is 63.9 Å². The largest absolute Gasteiger partial charge is 0.496 e. The Balaban J connectivity index is 1.43. The number of methoxy groups -OCH3 is 3. The molecule has 0 bridgehead atoms. The molecule has 5 rings (SSSR count). The van der Waals surface area contributed by atoms with E-state index in [1.54, 1.807) is 43.4 Å². The number of esters is 2. The third-order valence-corrected chi connectivity index (χ3v) is 16.0. The Morgan fingerprint density at radius 3 is 2.10 bits per heavy atom. The Hall–Kier alpha value is -8.53. The summed E-state index contributed by atoms with van der Waals surface area (Å²) in [5.74, 6) is -4.45. The van der Waals surface area contributed by atoms with Crippen LogP contribution in [0.2, 0.25) is 0 Å². The summed E-state index contributed by atoms with van der Waals surface area (Å²) in [6.07, 6.45) is 3.84. The first-order chi connectivity index (χ1) is 43.2. The normalized spacial score (nSPS) is 14.5. The number of unbranched alkanes of at least 4 members (excludes halogenated alkanes) is 1. The van der Waals surface area contributed by atoms with Gasteiger partial charge in [0.25, 0.3) is 11.8 Å². The first kappa shape index (κ1) is 73.2. The molecule has 1 fully saturated rings. The molecule has 1 aliphatic rings. The number of carbonyl (C=O) groups is 9. The zero-order valence-electron chi connectivity index (χ0n) is 55.3. The van der Waals surface area contributed by atoms with Gasteiger partial charge in [-0.25, -0.2) is 9.59 Å². The van der Waals surface area contributed by atoms with E-state index >= 15 is 4.79 Å². The number of likely N-dealkylation sites (N-methyl/N-ethyl adjacent to an activating group) is 3. The number of hydrogen-bond acceptors (Lipinski definition) is 16. The van der Waals surface area contributed by atoms with Crippen molar-refractivity contribution in [2.75, 3.05) is 81.9 Å². The van der Waals surface area contributed by atoms with Gasteiger partial charge in [0, 0.05) is 52.8 Å². The van der Waals surface area contributed by atoms with Crippen LogP contribution in [-0.4, -0.2) is 184 Å². The van der Waals surface area contributed by atoms with Crippen LogP contribution in [0.15, 0.2) is 91.5 Å². The third kappa shape index (κ3) is 21.0. The standard InChI is InChI=1S/C69H94N6O16/c1-15-18-28-52(64(81)71-51(37-45-30-31-46-24-19-20-25-47(46)36-45)65(82)74(11)54(42-90-68(4,5)6)63(80)70-41-59(76)72(9)34-16-2)73(10)60(77)43-88-50-27-23-26-48(38-50)55(33-32-49-39-57(86-13)58(87-14)40-56(49)85-12)91-67(84)53-29-21-22-35-75(53)66(83)62(79)69(7,8)44-89-61(78)17-3/h17,19-20,23-27,30-31,36,38-40,51-55H,3,15-16,18,21-22,28-29,32-35,37,41-44H2,1-2,4-14H3,(H,70,80)(H,71,81)/t51-,52-,53-,54-,55+/m0/s1. The molecule has 0 aliphatic carbocycles. The molecule has 0 saturated carbocycles. The second-order valence-electron chi connectivity index (χ2n) is 24.4. The lowest BCUT2D eigenvalue weighted by Crippen LogP contribution is -2.59. The lowest BCUT2D eigenvalue weighted by Gasteiger charge is -2.36. The molecule has 1 aliphatic heterocycles. The van der Waals surface area contributed by atoms with Crippen LogP contribution in [0.4, 0.5) is 0 Å². The minimum atomic E-state index is -1.42. The highest BCUT2D eigenvalue weighted by Crippen LogP contribution is 2.37. The monoisotopic (exact) mass is 1260 g/mol. The average molecular weight is 1260 g/mol. The molecule has 0 radical (unpaired) electrons. The Bertz CT molecular complexity index is 3200. The van der Waals surface area contributed by atoms with Crippen LogP contribution in [0.1, 0.15) is 123 Å². The minimum absolute atomic E-state index is 0.00984. The molecule has 1 heterocycles. The zero-order valence-corrected chi connectivity index (χ0v) is 55.3. The molecule has 1 saturated heterocycles. The summed E-state index contributed by atoms with van der Waals surface area (Å²) in [4.78, 5) is 131. The van der Waals surface area contributed by atoms with Crippen molar-refractivity contribution in [1.29, 1.82) is 0 Å². The number of nitrogens with one attached hydrogen (secondary N) is 2. The van der Waals surface area contributed by atoms with Gasteiger partial charge in [0.1, 0.15) is 48.4 Å². The first-order valence-electron chi connectivity index (χ1n) is 31.0. The van der Waals surface area contributed by atoms with Crippen molar-refractivity contribution in [3.8, 4) is 23.0 Å². The predicted octanol–water partition coefficient (Wildman–Crippen LogP) is 7.54. The molecule has 2 N–H and O–H groups in total. The van der Waals surface area contributed by atoms with Gasteiger partial charge < -0.3 is 63.4 Å². The lowest BCUT2D eigenvalue weighted by atomic mass is 9.87. The predicted molar refractivity (Wildman–Crippen MR) is 343 cm³/mol. The number of fused-ring (bicyclic) bond motifs is 1. The highest BCUT2D eigenvalue weighted by atomic mass is 16.5. The number of carbonyl (C=O) groups excluding carboxylic acids is 9. The van der Waals surface area contributed by atoms with Crippen LogP contribution >= 0.6 is 0 Å². The molecule has 4 aromatic rings. The lowest BCUT2D eigenvalue weighted by molar-refractivity contribution is -0.165. The Morgan fingerprint density at radius 2 is 1.44 bits per heavy atom. The number of benzene rings is 4. The number of rotatable bonds is 34. The summed E-state index contributed by atoms with van der Waals surface area (Å²) in [6, 6.07) is 18.8. The SMILES string of the molecule is C=CC(=O)OCC(C)(C)C(=O)C(=O)N1CCCC[C@H]1C(=O)O[C@H](CCc1cc(OC)c(OC)cc1OC)c1cccc(OCC(=O)N(C)[C@@H](CCCC)C(=O)N[C@@H](Cc2ccc3ccccc3c2)C(=O)N(C)[C@@H](COC(C)(C)C)C(=O)NCC(=O)N(C)CCC)c1. The summed E-state index contributed by atoms with van der Waals surface area (Å²) in [5.41, 5.74) is -0.266. The van der Waals surface area contributed by atoms with Gasteiger partial charge >= 0.3 is 11.9 Å². The van der Waals surface area contributed by atoms with E-state index in [9.17, 15) is 38.4 Å². The smallest absolute Gasteiger partial charge is 0.330 e. The molecular formula is C69H94N6O16. The molecule has 496 valence electrons. The topological polar surface area (TPSA) is 255 Å². The quantitative estimate of drug-likeness (QED) is 0.0260. The maximum Gasteiger partial charge on any atom is 0.330 e. The van der Waals surface area contributed by atoms with Crippen LogP contribution < -0.4 is 29.6 Å². The van der Waals surface area contributed by atoms with Crippen LogP contribution in [0.5, 0.6) is 23.0 Å². The Morgan fingerprint density at radius 1 is 0.747 bits per heavy atom. The number of ether oxygens (including phenoxy) is 7. The van der Waals surface area contributed by atoms with E-state index in [-0.39, 0.29) is 70.1 Å². The number of hydrogen-bond donors (Lipinski definition) is 2. The molecule has 0 spiro atoms. The summed E-state index contributed by atoms with van der Waals surface area (Å²) >= 11 is 0. The maximum atomic E-state index is 15.0. The second kappa shape index (κ2) is 34.6. The van der Waals surface area contributed by atoms with Crippen molar-refractivity contribution in [1.82, 2.24) is 30.2 Å². The van der Waals surface area contributed by atoms with Crippen molar-refractivity contribution in [3.63, 3.8) is 0 Å². The van der Waals surface area contributed by atoms with Crippen LogP contribution in [0.25, 0.3) is 10.8 Å².